The van der Waals surface area contributed by atoms with Gasteiger partial charge in [0.2, 0.25) is 11.6 Å². The number of hydrogen-bond donors (Lipinski definition) is 13. The molecular weight excluding hydrogens is 1160 g/mol. The maximum Gasteiger partial charge on any atom is 0.323 e. The minimum absolute atomic E-state index is 0.00181. The highest BCUT2D eigenvalue weighted by molar-refractivity contribution is 7.91. The first-order valence-electron chi connectivity index (χ1n) is 25.1. The van der Waals surface area contributed by atoms with Crippen LogP contribution < -0.4 is 26.2 Å². The van der Waals surface area contributed by atoms with Crippen LogP contribution in [0.4, 0.5) is 27.5 Å². The SMILES string of the molecule is CN(CCO)CCO.CN(CCO)CCO.CN(CCO)CCO.COc1ccccc1N/N=C1/C(=O)c2ccc(NC(=O)Nc3ccc4c(c3)C=C(S(=O)(=O)O)/C(=N/Nc3ccc5cc(S(=O)(=O)O)ccc5c3)C4=O)cc2C=C1S(=O)(=O)O. The number of ether oxygens (including phenoxy) is 1. The molecule has 456 valence electrons. The third-order valence-corrected chi connectivity index (χ3v) is 14.4. The number of benzene rings is 5. The second-order valence-electron chi connectivity index (χ2n) is 18.1. The van der Waals surface area contributed by atoms with Crippen LogP contribution in [0.15, 0.2) is 122 Å². The van der Waals surface area contributed by atoms with E-state index in [1.807, 2.05) is 35.8 Å². The quantitative estimate of drug-likeness (QED) is 0.0349. The van der Waals surface area contributed by atoms with Gasteiger partial charge in [-0.15, -0.1) is 0 Å². The third-order valence-electron chi connectivity index (χ3n) is 11.8. The Hall–Kier alpha value is -7.44. The van der Waals surface area contributed by atoms with Crippen LogP contribution >= 0.6 is 0 Å². The number of rotatable bonds is 22. The van der Waals surface area contributed by atoms with Crippen molar-refractivity contribution in [2.45, 2.75) is 4.90 Å². The number of aliphatic hydroxyl groups excluding tert-OH is 6. The number of carbonyl (C=O) groups is 3. The fraction of sp³-hybridized carbons (Fsp3) is 0.302. The van der Waals surface area contributed by atoms with Crippen LogP contribution in [0.5, 0.6) is 5.75 Å². The van der Waals surface area contributed by atoms with Gasteiger partial charge in [-0.2, -0.15) is 35.5 Å². The Labute approximate surface area is 484 Å². The lowest BCUT2D eigenvalue weighted by Crippen LogP contribution is -2.27. The van der Waals surface area contributed by atoms with E-state index in [-0.39, 0.29) is 83.9 Å². The Morgan fingerprint density at radius 2 is 0.893 bits per heavy atom. The molecule has 0 spiro atoms. The second-order valence-corrected chi connectivity index (χ2v) is 22.3. The molecule has 5 aromatic carbocycles. The minimum Gasteiger partial charge on any atom is -0.495 e. The molecule has 84 heavy (non-hydrogen) atoms. The molecule has 0 radical (unpaired) electrons. The van der Waals surface area contributed by atoms with E-state index >= 15 is 0 Å². The Morgan fingerprint density at radius 1 is 0.500 bits per heavy atom. The highest BCUT2D eigenvalue weighted by Gasteiger charge is 2.35. The van der Waals surface area contributed by atoms with Gasteiger partial charge in [-0.1, -0.05) is 24.3 Å². The average Bonchev–Trinajstić information content (AvgIpc) is 1.27. The van der Waals surface area contributed by atoms with E-state index in [1.165, 1.54) is 79.9 Å². The molecule has 13 N–H and O–H groups in total. The number of nitrogens with one attached hydrogen (secondary N) is 4. The van der Waals surface area contributed by atoms with Crippen LogP contribution in [0, 0.1) is 0 Å². The van der Waals surface area contributed by atoms with Gasteiger partial charge in [0, 0.05) is 61.8 Å². The Balaban J connectivity index is 0.000000527. The van der Waals surface area contributed by atoms with Crippen LogP contribution in [0.2, 0.25) is 0 Å². The van der Waals surface area contributed by atoms with Crippen molar-refractivity contribution in [1.82, 2.24) is 14.7 Å². The van der Waals surface area contributed by atoms with Gasteiger partial charge < -0.3 is 60.7 Å². The Morgan fingerprint density at radius 3 is 1.30 bits per heavy atom. The molecule has 0 aromatic heterocycles. The summed E-state index contributed by atoms with van der Waals surface area (Å²) in [5, 5.41) is 63.9. The molecule has 0 saturated heterocycles. The molecule has 31 heteroatoms. The molecule has 28 nitrogen and oxygen atoms in total. The van der Waals surface area contributed by atoms with Gasteiger partial charge in [0.05, 0.1) is 63.0 Å². The molecule has 0 unspecified atom stereocenters. The Kier molecular flexibility index (Phi) is 26.8. The lowest BCUT2D eigenvalue weighted by Gasteiger charge is -2.18. The molecular formula is C53H67N9O19S3. The molecule has 5 aromatic rings. The van der Waals surface area contributed by atoms with E-state index in [2.05, 4.69) is 31.7 Å². The summed E-state index contributed by atoms with van der Waals surface area (Å²) < 4.78 is 107. The van der Waals surface area contributed by atoms with Crippen molar-refractivity contribution in [3.8, 4) is 5.75 Å². The number of urea groups is 1. The highest BCUT2D eigenvalue weighted by Crippen LogP contribution is 2.32. The first-order valence-corrected chi connectivity index (χ1v) is 29.4. The van der Waals surface area contributed by atoms with E-state index in [1.54, 1.807) is 24.3 Å². The van der Waals surface area contributed by atoms with Gasteiger partial charge in [0.25, 0.3) is 30.4 Å². The summed E-state index contributed by atoms with van der Waals surface area (Å²) in [4.78, 5) is 43.6. The van der Waals surface area contributed by atoms with Gasteiger partial charge in [-0.05, 0) is 128 Å². The van der Waals surface area contributed by atoms with E-state index in [9.17, 15) is 53.3 Å². The summed E-state index contributed by atoms with van der Waals surface area (Å²) in [6, 6.07) is 21.8. The number of amides is 2. The van der Waals surface area contributed by atoms with Crippen LogP contribution in [-0.2, 0) is 30.4 Å². The number of hydrogen-bond acceptors (Lipinski definition) is 23. The molecule has 2 aliphatic carbocycles. The number of ketones is 2. The molecule has 0 aliphatic heterocycles. The van der Waals surface area contributed by atoms with E-state index in [0.717, 1.165) is 12.2 Å². The summed E-state index contributed by atoms with van der Waals surface area (Å²) in [6.07, 6.45) is 1.99. The summed E-state index contributed by atoms with van der Waals surface area (Å²) >= 11 is 0. The van der Waals surface area contributed by atoms with Crippen LogP contribution in [0.3, 0.4) is 0 Å². The first kappa shape index (κ1) is 69.1. The minimum atomic E-state index is -5.04. The number of hydrazone groups is 2. The van der Waals surface area contributed by atoms with Crippen molar-refractivity contribution < 1.29 is 88.7 Å². The topological polar surface area (TPSA) is 427 Å². The number of aliphatic hydroxyl groups is 6. The molecule has 2 aliphatic rings. The predicted molar refractivity (Wildman–Crippen MR) is 317 cm³/mol. The number of likely N-dealkylation sites (N-methyl/N-ethyl adjacent to an activating group) is 3. The van der Waals surface area contributed by atoms with Gasteiger partial charge in [0.15, 0.2) is 11.4 Å². The number of allylic oxidation sites excluding steroid dienone is 2. The van der Waals surface area contributed by atoms with Crippen molar-refractivity contribution in [2.24, 2.45) is 10.2 Å². The number of Topliss-reactive ketones (excluding diaryl/α,β-unsaturated/α-hetero) is 2. The smallest absolute Gasteiger partial charge is 0.323 e. The number of methoxy groups -OCH3 is 1. The van der Waals surface area contributed by atoms with Gasteiger partial charge >= 0.3 is 6.03 Å². The van der Waals surface area contributed by atoms with Gasteiger partial charge in [-0.25, -0.2) is 4.79 Å². The number of carbonyl (C=O) groups excluding carboxylic acids is 3. The lowest BCUT2D eigenvalue weighted by atomic mass is 9.94. The maximum absolute atomic E-state index is 13.5. The molecule has 7 rings (SSSR count). The fourth-order valence-electron chi connectivity index (χ4n) is 7.52. The fourth-order valence-corrected chi connectivity index (χ4v) is 9.35. The number of para-hydroxylation sites is 2. The third kappa shape index (κ3) is 20.7. The average molecular weight is 1230 g/mol. The van der Waals surface area contributed by atoms with Crippen LogP contribution in [-0.4, -0.2) is 220 Å². The van der Waals surface area contributed by atoms with Gasteiger partial charge in [-0.3, -0.25) is 34.1 Å². The summed E-state index contributed by atoms with van der Waals surface area (Å²) in [5.41, 5.74) is 4.59. The van der Waals surface area contributed by atoms with E-state index < -0.39 is 69.2 Å². The zero-order valence-electron chi connectivity index (χ0n) is 45.9. The number of nitrogens with zero attached hydrogens (tertiary/aromatic N) is 5. The standard InChI is InChI=1S/C38H28N6O13S3.3C5H13NO2/c1-57-31-5-3-2-4-30(31)42-44-35-33(60(54,55)56)19-23-16-25(10-13-29(23)37(35)46)40-38(47)39-24-9-12-28-22(15-24)18-32(59(51,52)53)34(36(28)45)43-41-26-8-6-21-17-27(58(48,49)50)11-7-20(21)14-26;3*1-6(2-4-7)3-5-8/h2-19,41-42H,1H3,(H2,39,40,47)(H,48,49,50)(H,51,52,53)(H,54,55,56);3*7-8H,2-5H2,1H3/b43-34-,44-35+;;;. The zero-order valence-corrected chi connectivity index (χ0v) is 48.4. The molecule has 0 atom stereocenters. The molecule has 0 fully saturated rings. The zero-order chi connectivity index (χ0) is 62.4. The molecule has 0 bridgehead atoms. The second kappa shape index (κ2) is 32.6. The maximum atomic E-state index is 13.5. The Bertz CT molecular complexity index is 3550. The van der Waals surface area contributed by atoms with Crippen molar-refractivity contribution in [3.63, 3.8) is 0 Å². The van der Waals surface area contributed by atoms with Crippen molar-refractivity contribution in [3.05, 3.63) is 129 Å². The normalized spacial score (nSPS) is 14.0. The van der Waals surface area contributed by atoms with Crippen molar-refractivity contribution in [1.29, 1.82) is 0 Å². The lowest BCUT2D eigenvalue weighted by molar-refractivity contribution is 0.105. The number of anilines is 4. The molecule has 0 heterocycles. The summed E-state index contributed by atoms with van der Waals surface area (Å²) in [6.45, 7) is 4.82. The highest BCUT2D eigenvalue weighted by atomic mass is 32.2. The van der Waals surface area contributed by atoms with Crippen molar-refractivity contribution in [2.75, 3.05) is 129 Å². The predicted octanol–water partition coefficient (Wildman–Crippen LogP) is 2.23. The van der Waals surface area contributed by atoms with Gasteiger partial charge in [0.1, 0.15) is 15.6 Å². The first-order chi connectivity index (χ1) is 39.7. The summed E-state index contributed by atoms with van der Waals surface area (Å²) in [7, 11) is -7.51. The monoisotopic (exact) mass is 1230 g/mol. The molecule has 0 saturated carbocycles. The largest absolute Gasteiger partial charge is 0.495 e. The summed E-state index contributed by atoms with van der Waals surface area (Å²) in [5.74, 6) is -1.40. The van der Waals surface area contributed by atoms with Crippen molar-refractivity contribution >= 4 is 105 Å². The molecule has 2 amide bonds. The van der Waals surface area contributed by atoms with Crippen LogP contribution in [0.1, 0.15) is 31.8 Å². The van der Waals surface area contributed by atoms with E-state index in [4.69, 9.17) is 35.4 Å². The van der Waals surface area contributed by atoms with Crippen LogP contribution in [0.25, 0.3) is 22.9 Å². The number of fused-ring (bicyclic) bond motifs is 3. The van der Waals surface area contributed by atoms with E-state index in [0.29, 0.717) is 61.5 Å².